The van der Waals surface area contributed by atoms with E-state index < -0.39 is 42.3 Å². The molecular weight excluding hydrogens is 356 g/mol. The summed E-state index contributed by atoms with van der Waals surface area (Å²) in [6, 6.07) is 9.09. The normalized spacial score (nSPS) is 21.9. The van der Waals surface area contributed by atoms with Gasteiger partial charge in [0.25, 0.3) is 5.56 Å². The Labute approximate surface area is 153 Å². The molecule has 0 spiro atoms. The first-order valence-corrected chi connectivity index (χ1v) is 8.46. The van der Waals surface area contributed by atoms with E-state index in [1.54, 1.807) is 12.1 Å². The second kappa shape index (κ2) is 8.30. The Morgan fingerprint density at radius 3 is 2.70 bits per heavy atom. The van der Waals surface area contributed by atoms with E-state index in [0.29, 0.717) is 0 Å². The third-order valence-corrected chi connectivity index (χ3v) is 4.31. The first-order valence-electron chi connectivity index (χ1n) is 8.46. The molecule has 1 fully saturated rings. The third kappa shape index (κ3) is 4.51. The van der Waals surface area contributed by atoms with Gasteiger partial charge < -0.3 is 19.7 Å². The number of rotatable bonds is 6. The summed E-state index contributed by atoms with van der Waals surface area (Å²) in [5, 5.41) is 19.0. The zero-order chi connectivity index (χ0) is 19.4. The number of aliphatic hydroxyl groups is 2. The van der Waals surface area contributed by atoms with Gasteiger partial charge in [-0.3, -0.25) is 19.1 Å². The number of aliphatic hydroxyl groups excluding tert-OH is 2. The van der Waals surface area contributed by atoms with Crippen molar-refractivity contribution in [1.82, 2.24) is 9.55 Å². The van der Waals surface area contributed by atoms with Gasteiger partial charge in [-0.2, -0.15) is 0 Å². The second-order valence-electron chi connectivity index (χ2n) is 6.26. The number of benzene rings is 1. The van der Waals surface area contributed by atoms with Crippen LogP contribution >= 0.6 is 0 Å². The molecule has 3 N–H and O–H groups in total. The van der Waals surface area contributed by atoms with Crippen molar-refractivity contribution < 1.29 is 24.5 Å². The van der Waals surface area contributed by atoms with E-state index in [-0.39, 0.29) is 25.0 Å². The smallest absolute Gasteiger partial charge is 0.330 e. The molecule has 1 aliphatic rings. The molecule has 3 rings (SSSR count). The van der Waals surface area contributed by atoms with E-state index in [4.69, 9.17) is 14.6 Å². The van der Waals surface area contributed by atoms with Crippen LogP contribution in [-0.4, -0.2) is 44.5 Å². The molecule has 1 aromatic heterocycles. The van der Waals surface area contributed by atoms with E-state index in [9.17, 15) is 19.5 Å². The zero-order valence-electron chi connectivity index (χ0n) is 14.4. The molecular formula is C18H20N2O7. The van der Waals surface area contributed by atoms with Gasteiger partial charge >= 0.3 is 11.7 Å². The summed E-state index contributed by atoms with van der Waals surface area (Å²) >= 11 is 0. The van der Waals surface area contributed by atoms with Gasteiger partial charge in [0.2, 0.25) is 0 Å². The number of H-pyrrole nitrogens is 1. The highest BCUT2D eigenvalue weighted by atomic mass is 16.5. The van der Waals surface area contributed by atoms with Gasteiger partial charge in [0.05, 0.1) is 19.1 Å². The van der Waals surface area contributed by atoms with Crippen LogP contribution in [-0.2, 0) is 27.3 Å². The van der Waals surface area contributed by atoms with Crippen LogP contribution in [0.15, 0.2) is 46.1 Å². The molecule has 0 amide bonds. The SMILES string of the molecule is O=C(Cc1cn([C@H]2C[C@@H](O)[C@H](CO)O2)c(=O)[nH]c1=O)OCc1ccccc1. The minimum absolute atomic E-state index is 0.0400. The molecule has 3 atom stereocenters. The molecule has 1 aromatic carbocycles. The molecule has 0 unspecified atom stereocenters. The molecule has 0 saturated carbocycles. The lowest BCUT2D eigenvalue weighted by molar-refractivity contribution is -0.144. The van der Waals surface area contributed by atoms with Crippen molar-refractivity contribution in [3.63, 3.8) is 0 Å². The summed E-state index contributed by atoms with van der Waals surface area (Å²) < 4.78 is 11.7. The van der Waals surface area contributed by atoms with E-state index in [0.717, 1.165) is 10.1 Å². The van der Waals surface area contributed by atoms with Gasteiger partial charge in [-0.25, -0.2) is 4.79 Å². The summed E-state index contributed by atoms with van der Waals surface area (Å²) in [5.74, 6) is -0.616. The molecule has 0 radical (unpaired) electrons. The largest absolute Gasteiger partial charge is 0.461 e. The Bertz CT molecular complexity index is 906. The molecule has 1 aliphatic heterocycles. The number of nitrogens with one attached hydrogen (secondary N) is 1. The third-order valence-electron chi connectivity index (χ3n) is 4.31. The second-order valence-corrected chi connectivity index (χ2v) is 6.26. The number of esters is 1. The van der Waals surface area contributed by atoms with Crippen molar-refractivity contribution in [2.45, 2.75) is 37.9 Å². The molecule has 27 heavy (non-hydrogen) atoms. The quantitative estimate of drug-likeness (QED) is 0.577. The molecule has 0 bridgehead atoms. The number of hydrogen-bond donors (Lipinski definition) is 3. The van der Waals surface area contributed by atoms with E-state index in [1.807, 2.05) is 18.2 Å². The summed E-state index contributed by atoms with van der Waals surface area (Å²) in [6.07, 6.45) is -1.61. The highest BCUT2D eigenvalue weighted by Gasteiger charge is 2.35. The topological polar surface area (TPSA) is 131 Å². The molecule has 9 heteroatoms. The van der Waals surface area contributed by atoms with E-state index in [1.165, 1.54) is 6.20 Å². The molecule has 2 heterocycles. The maximum absolute atomic E-state index is 12.0. The van der Waals surface area contributed by atoms with Crippen molar-refractivity contribution in [3.05, 3.63) is 68.5 Å². The van der Waals surface area contributed by atoms with Crippen LogP contribution in [0.2, 0.25) is 0 Å². The maximum atomic E-state index is 12.0. The first kappa shape index (κ1) is 19.0. The predicted molar refractivity (Wildman–Crippen MR) is 92.9 cm³/mol. The van der Waals surface area contributed by atoms with Crippen molar-refractivity contribution in [2.75, 3.05) is 6.61 Å². The Morgan fingerprint density at radius 1 is 1.30 bits per heavy atom. The first-order chi connectivity index (χ1) is 13.0. The van der Waals surface area contributed by atoms with Crippen LogP contribution in [0.4, 0.5) is 0 Å². The van der Waals surface area contributed by atoms with Crippen molar-refractivity contribution in [3.8, 4) is 0 Å². The standard InChI is InChI=1S/C18H20N2O7/c21-9-14-13(22)7-15(27-14)20-8-12(17(24)19-18(20)25)6-16(23)26-10-11-4-2-1-3-5-11/h1-5,8,13-15,21-22H,6-7,9-10H2,(H,19,24,25)/t13-,14+,15-/m1/s1. The predicted octanol–water partition coefficient (Wildman–Crippen LogP) is -0.537. The lowest BCUT2D eigenvalue weighted by Gasteiger charge is -2.15. The molecule has 1 saturated heterocycles. The van der Waals surface area contributed by atoms with Crippen LogP contribution in [0.5, 0.6) is 0 Å². The Hall–Kier alpha value is -2.75. The van der Waals surface area contributed by atoms with Crippen LogP contribution in [0.25, 0.3) is 0 Å². The van der Waals surface area contributed by atoms with Crippen molar-refractivity contribution in [1.29, 1.82) is 0 Å². The number of aromatic nitrogens is 2. The molecule has 2 aromatic rings. The van der Waals surface area contributed by atoms with E-state index >= 15 is 0 Å². The highest BCUT2D eigenvalue weighted by Crippen LogP contribution is 2.27. The highest BCUT2D eigenvalue weighted by molar-refractivity contribution is 5.72. The average Bonchev–Trinajstić information content (AvgIpc) is 3.03. The monoisotopic (exact) mass is 376 g/mol. The van der Waals surface area contributed by atoms with Gasteiger partial charge in [0.1, 0.15) is 18.9 Å². The van der Waals surface area contributed by atoms with Crippen LogP contribution in [0, 0.1) is 0 Å². The molecule has 0 aliphatic carbocycles. The number of ether oxygens (including phenoxy) is 2. The number of aromatic amines is 1. The zero-order valence-corrected chi connectivity index (χ0v) is 14.4. The minimum Gasteiger partial charge on any atom is -0.461 e. The summed E-state index contributed by atoms with van der Waals surface area (Å²) in [4.78, 5) is 38.2. The van der Waals surface area contributed by atoms with Gasteiger partial charge in [-0.05, 0) is 5.56 Å². The lowest BCUT2D eigenvalue weighted by atomic mass is 10.2. The van der Waals surface area contributed by atoms with E-state index in [2.05, 4.69) is 4.98 Å². The lowest BCUT2D eigenvalue weighted by Crippen LogP contribution is -2.35. The fourth-order valence-corrected chi connectivity index (χ4v) is 2.86. The average molecular weight is 376 g/mol. The Kier molecular flexibility index (Phi) is 5.84. The number of nitrogens with zero attached hydrogens (tertiary/aromatic N) is 1. The number of carbonyl (C=O) groups is 1. The van der Waals surface area contributed by atoms with Gasteiger partial charge in [-0.1, -0.05) is 30.3 Å². The van der Waals surface area contributed by atoms with Crippen LogP contribution in [0.3, 0.4) is 0 Å². The summed E-state index contributed by atoms with van der Waals surface area (Å²) in [5.41, 5.74) is -0.561. The number of hydrogen-bond acceptors (Lipinski definition) is 7. The Morgan fingerprint density at radius 2 is 2.04 bits per heavy atom. The summed E-state index contributed by atoms with van der Waals surface area (Å²) in [6.45, 7) is -0.318. The van der Waals surface area contributed by atoms with Gasteiger partial charge in [0.15, 0.2) is 0 Å². The Balaban J connectivity index is 1.71. The molecule has 9 nitrogen and oxygen atoms in total. The minimum atomic E-state index is -0.932. The van der Waals surface area contributed by atoms with Crippen LogP contribution < -0.4 is 11.2 Å². The van der Waals surface area contributed by atoms with Gasteiger partial charge in [-0.15, -0.1) is 0 Å². The fraction of sp³-hybridized carbons (Fsp3) is 0.389. The van der Waals surface area contributed by atoms with Crippen molar-refractivity contribution >= 4 is 5.97 Å². The van der Waals surface area contributed by atoms with Gasteiger partial charge in [0, 0.05) is 18.2 Å². The van der Waals surface area contributed by atoms with Crippen molar-refractivity contribution in [2.24, 2.45) is 0 Å². The molecule has 144 valence electrons. The maximum Gasteiger partial charge on any atom is 0.330 e. The summed E-state index contributed by atoms with van der Waals surface area (Å²) in [7, 11) is 0. The number of carbonyl (C=O) groups excluding carboxylic acids is 1. The van der Waals surface area contributed by atoms with Crippen LogP contribution in [0.1, 0.15) is 23.8 Å². The fourth-order valence-electron chi connectivity index (χ4n) is 2.86.